The van der Waals surface area contributed by atoms with Gasteiger partial charge in [-0.05, 0) is 30.5 Å². The summed E-state index contributed by atoms with van der Waals surface area (Å²) in [7, 11) is 0. The number of nitrogens with zero attached hydrogens (tertiary/aromatic N) is 1. The summed E-state index contributed by atoms with van der Waals surface area (Å²) in [4.78, 5) is 16.9. The molecule has 1 aliphatic rings. The Labute approximate surface area is 159 Å². The average Bonchev–Trinajstić information content (AvgIpc) is 3.05. The van der Waals surface area contributed by atoms with Crippen molar-refractivity contribution < 1.29 is 9.53 Å². The van der Waals surface area contributed by atoms with Crippen molar-refractivity contribution in [3.05, 3.63) is 50.4 Å². The predicted octanol–water partition coefficient (Wildman–Crippen LogP) is 3.22. The zero-order chi connectivity index (χ0) is 16.3. The highest BCUT2D eigenvalue weighted by Crippen LogP contribution is 2.33. The molecule has 5 nitrogen and oxygen atoms in total. The molecule has 1 aromatic carbocycles. The highest BCUT2D eigenvalue weighted by molar-refractivity contribution is 9.10. The van der Waals surface area contributed by atoms with Crippen LogP contribution in [-0.4, -0.2) is 24.1 Å². The Hall–Kier alpha value is -0.990. The van der Waals surface area contributed by atoms with Crippen LogP contribution in [0, 0.1) is 0 Å². The summed E-state index contributed by atoms with van der Waals surface area (Å²) in [6.07, 6.45) is 1.49. The van der Waals surface area contributed by atoms with Crippen molar-refractivity contribution in [3.63, 3.8) is 0 Å². The molecule has 0 saturated carbocycles. The van der Waals surface area contributed by atoms with E-state index in [0.717, 1.165) is 27.9 Å². The first-order valence-corrected chi connectivity index (χ1v) is 9.11. The van der Waals surface area contributed by atoms with Gasteiger partial charge in [-0.3, -0.25) is 4.79 Å². The second-order valence-corrected chi connectivity index (χ2v) is 7.34. The smallest absolute Gasteiger partial charge is 0.271 e. The van der Waals surface area contributed by atoms with Crippen LogP contribution in [0.5, 0.6) is 0 Å². The number of nitrogens with one attached hydrogen (secondary N) is 1. The number of hydrogen-bond donors (Lipinski definition) is 2. The van der Waals surface area contributed by atoms with E-state index in [9.17, 15) is 4.79 Å². The zero-order valence-corrected chi connectivity index (χ0v) is 16.2. The van der Waals surface area contributed by atoms with Crippen LogP contribution in [0.15, 0.2) is 34.1 Å². The molecule has 1 saturated heterocycles. The summed E-state index contributed by atoms with van der Waals surface area (Å²) >= 11 is 4.86. The first kappa shape index (κ1) is 19.3. The minimum Gasteiger partial charge on any atom is -0.381 e. The quantitative estimate of drug-likeness (QED) is 0.777. The molecule has 1 amide bonds. The fourth-order valence-corrected chi connectivity index (χ4v) is 3.68. The van der Waals surface area contributed by atoms with Gasteiger partial charge in [-0.1, -0.05) is 28.1 Å². The lowest BCUT2D eigenvalue weighted by Gasteiger charge is -2.38. The van der Waals surface area contributed by atoms with Gasteiger partial charge in [0.25, 0.3) is 5.91 Å². The Morgan fingerprint density at radius 1 is 1.33 bits per heavy atom. The number of benzene rings is 1. The normalized spacial score (nSPS) is 16.2. The van der Waals surface area contributed by atoms with E-state index in [1.165, 1.54) is 11.3 Å². The Morgan fingerprint density at radius 3 is 2.58 bits per heavy atom. The van der Waals surface area contributed by atoms with Crippen molar-refractivity contribution >= 4 is 45.6 Å². The van der Waals surface area contributed by atoms with Crippen molar-refractivity contribution in [2.45, 2.75) is 24.9 Å². The van der Waals surface area contributed by atoms with E-state index in [2.05, 4.69) is 26.2 Å². The van der Waals surface area contributed by atoms with Crippen LogP contribution < -0.4 is 11.1 Å². The van der Waals surface area contributed by atoms with Crippen molar-refractivity contribution in [1.29, 1.82) is 0 Å². The molecular formula is C16H19BrClN3O2S. The SMILES string of the molecule is Cl.NCc1nc(C(=O)NC2(c3ccc(Br)cc3)CCOCC2)cs1. The van der Waals surface area contributed by atoms with Crippen LogP contribution in [0.2, 0.25) is 0 Å². The summed E-state index contributed by atoms with van der Waals surface area (Å²) < 4.78 is 6.50. The van der Waals surface area contributed by atoms with Gasteiger partial charge in [0.15, 0.2) is 0 Å². The number of ether oxygens (including phenoxy) is 1. The summed E-state index contributed by atoms with van der Waals surface area (Å²) in [5.41, 5.74) is 6.68. The Kier molecular flexibility index (Phi) is 6.77. The van der Waals surface area contributed by atoms with Gasteiger partial charge in [-0.2, -0.15) is 0 Å². The zero-order valence-electron chi connectivity index (χ0n) is 13.0. The maximum Gasteiger partial charge on any atom is 0.271 e. The van der Waals surface area contributed by atoms with Crippen LogP contribution in [0.3, 0.4) is 0 Å². The predicted molar refractivity (Wildman–Crippen MR) is 101 cm³/mol. The molecule has 1 aromatic heterocycles. The first-order valence-electron chi connectivity index (χ1n) is 7.44. The summed E-state index contributed by atoms with van der Waals surface area (Å²) in [5, 5.41) is 5.71. The number of aromatic nitrogens is 1. The Balaban J connectivity index is 0.00000208. The second-order valence-electron chi connectivity index (χ2n) is 5.49. The van der Waals surface area contributed by atoms with Gasteiger partial charge in [-0.15, -0.1) is 23.7 Å². The molecule has 0 radical (unpaired) electrons. The molecule has 0 bridgehead atoms. The number of rotatable bonds is 4. The van der Waals surface area contributed by atoms with Crippen molar-refractivity contribution in [1.82, 2.24) is 10.3 Å². The third-order valence-corrected chi connectivity index (χ3v) is 5.45. The highest BCUT2D eigenvalue weighted by atomic mass is 79.9. The number of nitrogens with two attached hydrogens (primary N) is 1. The molecule has 0 aliphatic carbocycles. The Morgan fingerprint density at radius 2 is 2.00 bits per heavy atom. The molecule has 24 heavy (non-hydrogen) atoms. The Bertz CT molecular complexity index is 687. The second kappa shape index (κ2) is 8.40. The average molecular weight is 433 g/mol. The molecule has 0 unspecified atom stereocenters. The van der Waals surface area contributed by atoms with E-state index in [1.807, 2.05) is 24.3 Å². The fourth-order valence-electron chi connectivity index (χ4n) is 2.76. The van der Waals surface area contributed by atoms with Gasteiger partial charge < -0.3 is 15.8 Å². The number of hydrogen-bond acceptors (Lipinski definition) is 5. The first-order chi connectivity index (χ1) is 11.1. The molecule has 2 heterocycles. The lowest BCUT2D eigenvalue weighted by molar-refractivity contribution is 0.0344. The summed E-state index contributed by atoms with van der Waals surface area (Å²) in [6.45, 7) is 1.60. The number of amides is 1. The number of halogens is 2. The van der Waals surface area contributed by atoms with E-state index in [1.54, 1.807) is 5.38 Å². The minimum absolute atomic E-state index is 0. The van der Waals surface area contributed by atoms with Crippen LogP contribution in [0.25, 0.3) is 0 Å². The molecule has 8 heteroatoms. The van der Waals surface area contributed by atoms with Crippen LogP contribution in [-0.2, 0) is 16.8 Å². The van der Waals surface area contributed by atoms with E-state index in [0.29, 0.717) is 25.5 Å². The summed E-state index contributed by atoms with van der Waals surface area (Å²) in [5.74, 6) is -0.161. The minimum atomic E-state index is -0.414. The monoisotopic (exact) mass is 431 g/mol. The topological polar surface area (TPSA) is 77.2 Å². The lowest BCUT2D eigenvalue weighted by Crippen LogP contribution is -2.49. The van der Waals surface area contributed by atoms with Gasteiger partial charge in [0.05, 0.1) is 5.54 Å². The maximum atomic E-state index is 12.6. The van der Waals surface area contributed by atoms with E-state index < -0.39 is 5.54 Å². The number of carbonyl (C=O) groups is 1. The summed E-state index contributed by atoms with van der Waals surface area (Å²) in [6, 6.07) is 8.08. The van der Waals surface area contributed by atoms with Crippen LogP contribution in [0.4, 0.5) is 0 Å². The molecule has 1 fully saturated rings. The maximum absolute atomic E-state index is 12.6. The van der Waals surface area contributed by atoms with E-state index >= 15 is 0 Å². The molecule has 130 valence electrons. The third kappa shape index (κ3) is 4.15. The van der Waals surface area contributed by atoms with Crippen molar-refractivity contribution in [3.8, 4) is 0 Å². The lowest BCUT2D eigenvalue weighted by atomic mass is 9.82. The molecule has 3 rings (SSSR count). The molecule has 2 aromatic rings. The van der Waals surface area contributed by atoms with E-state index in [-0.39, 0.29) is 18.3 Å². The number of thiazole rings is 1. The van der Waals surface area contributed by atoms with Gasteiger partial charge in [0.1, 0.15) is 10.7 Å². The molecule has 0 atom stereocenters. The largest absolute Gasteiger partial charge is 0.381 e. The highest BCUT2D eigenvalue weighted by Gasteiger charge is 2.36. The number of carbonyl (C=O) groups excluding carboxylic acids is 1. The van der Waals surface area contributed by atoms with E-state index in [4.69, 9.17) is 10.5 Å². The van der Waals surface area contributed by atoms with Crippen LogP contribution >= 0.6 is 39.7 Å². The standard InChI is InChI=1S/C16H18BrN3O2S.ClH/c17-12-3-1-11(2-4-12)16(5-7-22-8-6-16)20-15(21)13-10-23-14(9-18)19-13;/h1-4,10H,5-9,18H2,(H,20,21);1H. The molecule has 1 aliphatic heterocycles. The molecular weight excluding hydrogens is 414 g/mol. The fraction of sp³-hybridized carbons (Fsp3) is 0.375. The van der Waals surface area contributed by atoms with Crippen molar-refractivity contribution in [2.24, 2.45) is 5.73 Å². The van der Waals surface area contributed by atoms with Crippen LogP contribution in [0.1, 0.15) is 33.9 Å². The molecule has 3 N–H and O–H groups in total. The third-order valence-electron chi connectivity index (χ3n) is 4.05. The van der Waals surface area contributed by atoms with Gasteiger partial charge >= 0.3 is 0 Å². The van der Waals surface area contributed by atoms with Gasteiger partial charge in [-0.25, -0.2) is 4.98 Å². The van der Waals surface area contributed by atoms with Crippen molar-refractivity contribution in [2.75, 3.05) is 13.2 Å². The van der Waals surface area contributed by atoms with Gasteiger partial charge in [0, 0.05) is 29.6 Å². The van der Waals surface area contributed by atoms with Gasteiger partial charge in [0.2, 0.25) is 0 Å². The molecule has 0 spiro atoms.